The Morgan fingerprint density at radius 2 is 1.43 bits per heavy atom. The van der Waals surface area contributed by atoms with Gasteiger partial charge < -0.3 is 16.6 Å². The highest BCUT2D eigenvalue weighted by atomic mass is 16.3. The number of hydrogen-bond acceptors (Lipinski definition) is 6. The fourth-order valence-electron chi connectivity index (χ4n) is 1.77. The van der Waals surface area contributed by atoms with Gasteiger partial charge in [0.15, 0.2) is 11.5 Å². The van der Waals surface area contributed by atoms with Crippen LogP contribution in [0.2, 0.25) is 0 Å². The van der Waals surface area contributed by atoms with Crippen molar-refractivity contribution in [2.24, 2.45) is 0 Å². The van der Waals surface area contributed by atoms with Gasteiger partial charge in [-0.15, -0.1) is 0 Å². The number of nitrogens with zero attached hydrogens (tertiary/aromatic N) is 1. The summed E-state index contributed by atoms with van der Waals surface area (Å²) < 4.78 is 0. The number of Topliss-reactive ketones (excluding diaryl/α,β-unsaturated/α-hetero) is 1. The Hall–Kier alpha value is -3.15. The first kappa shape index (κ1) is 14.3. The highest BCUT2D eigenvalue weighted by Crippen LogP contribution is 2.19. The van der Waals surface area contributed by atoms with E-state index in [2.05, 4.69) is 4.98 Å². The molecule has 21 heavy (non-hydrogen) atoms. The number of carbonyl (C=O) groups excluding carboxylic acids is 2. The first-order chi connectivity index (χ1) is 9.99. The van der Waals surface area contributed by atoms with Crippen molar-refractivity contribution in [3.8, 4) is 0 Å². The molecule has 0 aliphatic heterocycles. The molecule has 1 aliphatic carbocycles. The summed E-state index contributed by atoms with van der Waals surface area (Å²) in [6.07, 6.45) is 0.949. The van der Waals surface area contributed by atoms with Gasteiger partial charge in [-0.25, -0.2) is 4.98 Å². The summed E-state index contributed by atoms with van der Waals surface area (Å²) in [5.74, 6) is -0.374. The third-order valence-corrected chi connectivity index (χ3v) is 2.73. The van der Waals surface area contributed by atoms with Crippen LogP contribution in [0.3, 0.4) is 0 Å². The van der Waals surface area contributed by atoms with E-state index in [1.807, 2.05) is 0 Å². The van der Waals surface area contributed by atoms with Crippen molar-refractivity contribution in [1.29, 1.82) is 0 Å². The summed E-state index contributed by atoms with van der Waals surface area (Å²) in [7, 11) is 0. The minimum atomic E-state index is -0.491. The first-order valence-electron chi connectivity index (χ1n) is 6.06. The Bertz CT molecular complexity index is 721. The maximum Gasteiger partial charge on any atom is 0.228 e. The predicted molar refractivity (Wildman–Crippen MR) is 78.9 cm³/mol. The minimum absolute atomic E-state index is 0.271. The summed E-state index contributed by atoms with van der Waals surface area (Å²) in [6.45, 7) is 0. The molecule has 0 saturated carbocycles. The second-order valence-electron chi connectivity index (χ2n) is 4.26. The van der Waals surface area contributed by atoms with Gasteiger partial charge in [-0.1, -0.05) is 30.3 Å². The van der Waals surface area contributed by atoms with Crippen LogP contribution in [-0.4, -0.2) is 21.7 Å². The summed E-state index contributed by atoms with van der Waals surface area (Å²) in [5.41, 5.74) is 11.2. The van der Waals surface area contributed by atoms with E-state index in [9.17, 15) is 9.59 Å². The van der Waals surface area contributed by atoms with Crippen molar-refractivity contribution in [1.82, 2.24) is 4.98 Å². The number of pyridine rings is 1. The number of aromatic nitrogens is 1. The summed E-state index contributed by atoms with van der Waals surface area (Å²) in [6, 6.07) is 11.6. The molecule has 0 saturated heterocycles. The molecule has 1 aromatic carbocycles. The lowest BCUT2D eigenvalue weighted by atomic mass is 9.94. The van der Waals surface area contributed by atoms with E-state index in [0.717, 1.165) is 6.08 Å². The second-order valence-corrected chi connectivity index (χ2v) is 4.26. The van der Waals surface area contributed by atoms with Gasteiger partial charge >= 0.3 is 0 Å². The lowest BCUT2D eigenvalue weighted by Gasteiger charge is -2.09. The zero-order chi connectivity index (χ0) is 15.4. The van der Waals surface area contributed by atoms with Gasteiger partial charge in [0.05, 0.1) is 0 Å². The van der Waals surface area contributed by atoms with Gasteiger partial charge in [0.25, 0.3) is 0 Å². The molecule has 0 bridgehead atoms. The number of carbonyl (C=O) groups is 2. The molecule has 1 aliphatic rings. The molecular formula is C15H13N3O3. The Balaban J connectivity index is 0.000000173. The Labute approximate surface area is 120 Å². The molecule has 0 atom stereocenters. The maximum atomic E-state index is 11.3. The van der Waals surface area contributed by atoms with E-state index in [1.165, 1.54) is 6.07 Å². The van der Waals surface area contributed by atoms with Crippen molar-refractivity contribution in [3.05, 3.63) is 65.4 Å². The lowest BCUT2D eigenvalue weighted by Crippen LogP contribution is -2.16. The largest absolute Gasteiger partial charge is 0.504 e. The van der Waals surface area contributed by atoms with Crippen LogP contribution < -0.4 is 11.5 Å². The third kappa shape index (κ3) is 3.24. The molecule has 6 nitrogen and oxygen atoms in total. The first-order valence-corrected chi connectivity index (χ1v) is 6.06. The van der Waals surface area contributed by atoms with Crippen molar-refractivity contribution in [2.45, 2.75) is 0 Å². The second kappa shape index (κ2) is 5.87. The number of allylic oxidation sites excluding steroid dienone is 2. The van der Waals surface area contributed by atoms with E-state index >= 15 is 0 Å². The number of anilines is 2. The van der Waals surface area contributed by atoms with Crippen molar-refractivity contribution in [3.63, 3.8) is 0 Å². The molecule has 0 unspecified atom stereocenters. The number of benzene rings is 1. The fourth-order valence-corrected chi connectivity index (χ4v) is 1.77. The van der Waals surface area contributed by atoms with Crippen LogP contribution in [-0.2, 0) is 0 Å². The molecule has 0 fully saturated rings. The van der Waals surface area contributed by atoms with E-state index in [0.29, 0.717) is 17.2 Å². The number of nitrogen functional groups attached to an aromatic ring is 2. The van der Waals surface area contributed by atoms with Gasteiger partial charge in [-0.2, -0.15) is 0 Å². The zero-order valence-electron chi connectivity index (χ0n) is 11.0. The Morgan fingerprint density at radius 3 is 1.95 bits per heavy atom. The number of hydrogen-bond donors (Lipinski definition) is 3. The summed E-state index contributed by atoms with van der Waals surface area (Å²) in [4.78, 5) is 26.3. The minimum Gasteiger partial charge on any atom is -0.504 e. The van der Waals surface area contributed by atoms with Gasteiger partial charge in [-0.05, 0) is 12.1 Å². The number of nitrogens with two attached hydrogens (primary N) is 2. The van der Waals surface area contributed by atoms with Crippen LogP contribution in [0.4, 0.5) is 11.6 Å². The number of aliphatic hydroxyl groups is 1. The van der Waals surface area contributed by atoms with Crippen LogP contribution in [0.25, 0.3) is 0 Å². The highest BCUT2D eigenvalue weighted by Gasteiger charge is 2.24. The average Bonchev–Trinajstić information content (AvgIpc) is 2.45. The number of aliphatic hydroxyl groups excluding tert-OH is 1. The van der Waals surface area contributed by atoms with Crippen LogP contribution in [0.15, 0.2) is 54.3 Å². The fraction of sp³-hybridized carbons (Fsp3) is 0. The topological polar surface area (TPSA) is 119 Å². The number of rotatable bonds is 0. The van der Waals surface area contributed by atoms with Gasteiger partial charge in [0.1, 0.15) is 11.6 Å². The molecule has 3 rings (SSSR count). The lowest BCUT2D eigenvalue weighted by molar-refractivity contribution is 0.0939. The van der Waals surface area contributed by atoms with Gasteiger partial charge in [0.2, 0.25) is 5.78 Å². The molecular weight excluding hydrogens is 270 g/mol. The molecule has 5 N–H and O–H groups in total. The molecule has 0 amide bonds. The SMILES string of the molecule is Nc1cccc(N)n1.O=C1C=C(O)C(=O)c2ccccc21. The molecule has 1 aromatic heterocycles. The van der Waals surface area contributed by atoms with Crippen LogP contribution in [0.1, 0.15) is 20.7 Å². The van der Waals surface area contributed by atoms with Crippen molar-refractivity contribution >= 4 is 23.2 Å². The Kier molecular flexibility index (Phi) is 3.99. The van der Waals surface area contributed by atoms with Gasteiger partial charge in [-0.3, -0.25) is 9.59 Å². The average molecular weight is 283 g/mol. The van der Waals surface area contributed by atoms with Gasteiger partial charge in [0, 0.05) is 17.2 Å². The van der Waals surface area contributed by atoms with Crippen LogP contribution >= 0.6 is 0 Å². The molecule has 1 heterocycles. The molecule has 0 spiro atoms. The third-order valence-electron chi connectivity index (χ3n) is 2.73. The molecule has 0 radical (unpaired) electrons. The smallest absolute Gasteiger partial charge is 0.228 e. The number of ketones is 2. The molecule has 6 heteroatoms. The monoisotopic (exact) mass is 283 g/mol. The van der Waals surface area contributed by atoms with E-state index < -0.39 is 11.5 Å². The Morgan fingerprint density at radius 1 is 0.857 bits per heavy atom. The van der Waals surface area contributed by atoms with E-state index in [1.54, 1.807) is 36.4 Å². The quantitative estimate of drug-likeness (QED) is 0.677. The van der Waals surface area contributed by atoms with Crippen molar-refractivity contribution in [2.75, 3.05) is 11.5 Å². The van der Waals surface area contributed by atoms with Crippen LogP contribution in [0.5, 0.6) is 0 Å². The molecule has 106 valence electrons. The van der Waals surface area contributed by atoms with Crippen LogP contribution in [0, 0.1) is 0 Å². The summed E-state index contributed by atoms with van der Waals surface area (Å²) in [5, 5.41) is 9.09. The number of fused-ring (bicyclic) bond motifs is 1. The maximum absolute atomic E-state index is 11.3. The standard InChI is InChI=1S/C10H6O3.C5H7N3/c11-8-5-9(12)10(13)7-4-2-1-3-6(7)8;6-4-2-1-3-5(7)8-4/h1-5,12H;1-3H,(H4,6,7,8). The van der Waals surface area contributed by atoms with E-state index in [4.69, 9.17) is 16.6 Å². The van der Waals surface area contributed by atoms with Crippen molar-refractivity contribution < 1.29 is 14.7 Å². The van der Waals surface area contributed by atoms with E-state index in [-0.39, 0.29) is 11.3 Å². The predicted octanol–water partition coefficient (Wildman–Crippen LogP) is 1.75. The summed E-state index contributed by atoms with van der Waals surface area (Å²) >= 11 is 0. The molecule has 2 aromatic rings. The normalized spacial score (nSPS) is 12.9. The highest BCUT2D eigenvalue weighted by molar-refractivity contribution is 6.23. The zero-order valence-corrected chi connectivity index (χ0v) is 11.0.